The second-order valence-corrected chi connectivity index (χ2v) is 7.59. The lowest BCUT2D eigenvalue weighted by molar-refractivity contribution is -0.136. The normalized spacial score (nSPS) is 11.5. The molecule has 2 N–H and O–H groups in total. The number of rotatable bonds is 6. The van der Waals surface area contributed by atoms with Gasteiger partial charge in [-0.05, 0) is 39.9 Å². The molecule has 6 heteroatoms. The van der Waals surface area contributed by atoms with Gasteiger partial charge >= 0.3 is 12.1 Å². The van der Waals surface area contributed by atoms with Crippen LogP contribution in [0, 0.1) is 11.8 Å². The molecule has 0 aliphatic heterocycles. The molecule has 0 heterocycles. The summed E-state index contributed by atoms with van der Waals surface area (Å²) in [5.41, 5.74) is 5.83. The molecule has 0 atom stereocenters. The van der Waals surface area contributed by atoms with Gasteiger partial charge in [0, 0.05) is 5.92 Å². The molecule has 0 bridgehead atoms. The molecule has 166 valence electrons. The number of amides is 1. The third-order valence-electron chi connectivity index (χ3n) is 5.51. The lowest BCUT2D eigenvalue weighted by atomic mass is 9.98. The van der Waals surface area contributed by atoms with Crippen molar-refractivity contribution in [2.45, 2.75) is 12.3 Å². The maximum atomic E-state index is 12.2. The maximum absolute atomic E-state index is 12.2. The Morgan fingerprint density at radius 1 is 1.00 bits per heavy atom. The summed E-state index contributed by atoms with van der Waals surface area (Å²) in [6.07, 6.45) is -0.644. The van der Waals surface area contributed by atoms with Crippen LogP contribution < -0.4 is 10.1 Å². The molecule has 33 heavy (non-hydrogen) atoms. The van der Waals surface area contributed by atoms with Gasteiger partial charge < -0.3 is 19.9 Å². The Bertz CT molecular complexity index is 1210. The van der Waals surface area contributed by atoms with Gasteiger partial charge in [-0.3, -0.25) is 4.79 Å². The maximum Gasteiger partial charge on any atom is 0.407 e. The second kappa shape index (κ2) is 9.92. The molecule has 3 aromatic carbocycles. The van der Waals surface area contributed by atoms with Crippen LogP contribution in [0.3, 0.4) is 0 Å². The van der Waals surface area contributed by atoms with E-state index in [4.69, 9.17) is 14.6 Å². The number of carbonyl (C=O) groups is 2. The van der Waals surface area contributed by atoms with Gasteiger partial charge in [0.25, 0.3) is 0 Å². The molecule has 0 spiro atoms. The first kappa shape index (κ1) is 22.0. The first-order valence-corrected chi connectivity index (χ1v) is 10.5. The minimum Gasteiger partial charge on any atom is -0.495 e. The van der Waals surface area contributed by atoms with Crippen LogP contribution in [0.2, 0.25) is 0 Å². The summed E-state index contributed by atoms with van der Waals surface area (Å²) in [5.74, 6) is 5.39. The molecule has 4 rings (SSSR count). The lowest BCUT2D eigenvalue weighted by Gasteiger charge is -2.14. The van der Waals surface area contributed by atoms with E-state index in [1.54, 1.807) is 18.2 Å². The van der Waals surface area contributed by atoms with Crippen molar-refractivity contribution < 1.29 is 24.2 Å². The van der Waals surface area contributed by atoms with E-state index in [0.717, 1.165) is 11.1 Å². The van der Waals surface area contributed by atoms with E-state index in [0.29, 0.717) is 16.9 Å². The Kier molecular flexibility index (Phi) is 6.61. The summed E-state index contributed by atoms with van der Waals surface area (Å²) in [4.78, 5) is 23.2. The molecule has 1 aliphatic rings. The zero-order valence-electron chi connectivity index (χ0n) is 18.1. The molecule has 0 saturated heterocycles. The summed E-state index contributed by atoms with van der Waals surface area (Å²) in [6, 6.07) is 21.4. The molecule has 0 unspecified atom stereocenters. The van der Waals surface area contributed by atoms with E-state index in [2.05, 4.69) is 41.4 Å². The zero-order chi connectivity index (χ0) is 23.2. The summed E-state index contributed by atoms with van der Waals surface area (Å²) in [7, 11) is 1.52. The van der Waals surface area contributed by atoms with Gasteiger partial charge in [0.1, 0.15) is 12.4 Å². The number of methoxy groups -OCH3 is 1. The third kappa shape index (κ3) is 4.99. The van der Waals surface area contributed by atoms with Gasteiger partial charge in [-0.2, -0.15) is 0 Å². The standard InChI is InChI=1S/C27H23NO5/c1-32-25-13-12-18(16-26(29)30)15-19(25)7-6-14-28-27(31)33-17-24-22-10-4-2-8-20(22)21-9-3-5-11-23(21)24/h2-5,8-13,15,24H,14,16-17H2,1H3,(H,28,31)(H,29,30). The number of carboxylic acids is 1. The van der Waals surface area contributed by atoms with E-state index in [9.17, 15) is 9.59 Å². The van der Waals surface area contributed by atoms with Crippen molar-refractivity contribution >= 4 is 12.1 Å². The summed E-state index contributed by atoms with van der Waals surface area (Å²) < 4.78 is 10.8. The van der Waals surface area contributed by atoms with Crippen LogP contribution in [0.1, 0.15) is 28.2 Å². The van der Waals surface area contributed by atoms with Crippen molar-refractivity contribution in [2.75, 3.05) is 20.3 Å². The number of fused-ring (bicyclic) bond motifs is 3. The number of carbonyl (C=O) groups excluding carboxylic acids is 1. The smallest absolute Gasteiger partial charge is 0.407 e. The first-order chi connectivity index (χ1) is 16.1. The number of nitrogens with one attached hydrogen (secondary N) is 1. The monoisotopic (exact) mass is 441 g/mol. The Labute approximate surface area is 192 Å². The summed E-state index contributed by atoms with van der Waals surface area (Å²) in [5, 5.41) is 11.6. The molecule has 0 fully saturated rings. The minimum atomic E-state index is -0.920. The molecule has 1 amide bonds. The predicted octanol–water partition coefficient (Wildman–Crippen LogP) is 4.21. The molecule has 0 saturated carbocycles. The van der Waals surface area contributed by atoms with Crippen molar-refractivity contribution in [1.82, 2.24) is 5.32 Å². The van der Waals surface area contributed by atoms with E-state index < -0.39 is 12.1 Å². The highest BCUT2D eigenvalue weighted by atomic mass is 16.5. The van der Waals surface area contributed by atoms with Crippen LogP contribution in [0.25, 0.3) is 11.1 Å². The number of hydrogen-bond donors (Lipinski definition) is 2. The highest BCUT2D eigenvalue weighted by molar-refractivity contribution is 5.79. The number of hydrogen-bond acceptors (Lipinski definition) is 4. The van der Waals surface area contributed by atoms with Gasteiger partial charge in [-0.25, -0.2) is 4.79 Å². The molecule has 3 aromatic rings. The number of aliphatic carboxylic acids is 1. The van der Waals surface area contributed by atoms with Gasteiger partial charge in [0.15, 0.2) is 0 Å². The van der Waals surface area contributed by atoms with Crippen molar-refractivity contribution in [3.63, 3.8) is 0 Å². The Hall–Kier alpha value is -4.24. The van der Waals surface area contributed by atoms with Crippen LogP contribution in [0.15, 0.2) is 66.7 Å². The second-order valence-electron chi connectivity index (χ2n) is 7.59. The molecular formula is C27H23NO5. The van der Waals surface area contributed by atoms with Crippen LogP contribution in [0.5, 0.6) is 5.75 Å². The van der Waals surface area contributed by atoms with Gasteiger partial charge in [-0.1, -0.05) is 66.4 Å². The number of alkyl carbamates (subject to hydrolysis) is 1. The molecule has 6 nitrogen and oxygen atoms in total. The fourth-order valence-electron chi connectivity index (χ4n) is 4.04. The quantitative estimate of drug-likeness (QED) is 0.560. The van der Waals surface area contributed by atoms with Crippen LogP contribution in [-0.2, 0) is 16.0 Å². The van der Waals surface area contributed by atoms with Crippen LogP contribution >= 0.6 is 0 Å². The average molecular weight is 441 g/mol. The van der Waals surface area contributed by atoms with E-state index in [1.165, 1.54) is 18.2 Å². The third-order valence-corrected chi connectivity index (χ3v) is 5.51. The van der Waals surface area contributed by atoms with Crippen LogP contribution in [-0.4, -0.2) is 37.4 Å². The number of carboxylic acid groups (broad SMARTS) is 1. The van der Waals surface area contributed by atoms with Crippen molar-refractivity contribution in [3.8, 4) is 28.7 Å². The topological polar surface area (TPSA) is 84.9 Å². The largest absolute Gasteiger partial charge is 0.495 e. The fraction of sp³-hybridized carbons (Fsp3) is 0.185. The molecule has 0 radical (unpaired) electrons. The van der Waals surface area contributed by atoms with Crippen molar-refractivity contribution in [2.24, 2.45) is 0 Å². The summed E-state index contributed by atoms with van der Waals surface area (Å²) in [6.45, 7) is 0.321. The Balaban J connectivity index is 1.36. The Morgan fingerprint density at radius 3 is 2.30 bits per heavy atom. The highest BCUT2D eigenvalue weighted by Crippen LogP contribution is 2.44. The Morgan fingerprint density at radius 2 is 1.67 bits per heavy atom. The van der Waals surface area contributed by atoms with Crippen molar-refractivity contribution in [1.29, 1.82) is 0 Å². The molecular weight excluding hydrogens is 418 g/mol. The highest BCUT2D eigenvalue weighted by Gasteiger charge is 2.28. The van der Waals surface area contributed by atoms with Gasteiger partial charge in [0.05, 0.1) is 25.6 Å². The van der Waals surface area contributed by atoms with E-state index in [1.807, 2.05) is 24.3 Å². The van der Waals surface area contributed by atoms with Crippen molar-refractivity contribution in [3.05, 3.63) is 89.0 Å². The average Bonchev–Trinajstić information content (AvgIpc) is 3.14. The molecule has 1 aliphatic carbocycles. The van der Waals surface area contributed by atoms with E-state index >= 15 is 0 Å². The lowest BCUT2D eigenvalue weighted by Crippen LogP contribution is -2.26. The minimum absolute atomic E-state index is 0.00419. The SMILES string of the molecule is COc1ccc(CC(=O)O)cc1C#CCNC(=O)OCC1c2ccccc2-c2ccccc21. The molecule has 0 aromatic heterocycles. The zero-order valence-corrected chi connectivity index (χ0v) is 18.1. The predicted molar refractivity (Wildman–Crippen MR) is 124 cm³/mol. The van der Waals surface area contributed by atoms with Gasteiger partial charge in [-0.15, -0.1) is 0 Å². The fourth-order valence-corrected chi connectivity index (χ4v) is 4.04. The van der Waals surface area contributed by atoms with Crippen LogP contribution in [0.4, 0.5) is 4.79 Å². The van der Waals surface area contributed by atoms with E-state index in [-0.39, 0.29) is 25.5 Å². The number of ether oxygens (including phenoxy) is 2. The number of benzene rings is 3. The van der Waals surface area contributed by atoms with Gasteiger partial charge in [0.2, 0.25) is 0 Å². The summed E-state index contributed by atoms with van der Waals surface area (Å²) >= 11 is 0. The first-order valence-electron chi connectivity index (χ1n) is 10.5.